The summed E-state index contributed by atoms with van der Waals surface area (Å²) in [6, 6.07) is 7.76. The van der Waals surface area contributed by atoms with Gasteiger partial charge in [0.25, 0.3) is 0 Å². The number of Topliss-reactive ketones (excluding diaryl/α,β-unsaturated/α-hetero) is 1. The maximum Gasteiger partial charge on any atom is 0.417 e. The molecule has 3 amide bonds. The van der Waals surface area contributed by atoms with Gasteiger partial charge in [-0.2, -0.15) is 0 Å². The monoisotopic (exact) mass is 459 g/mol. The van der Waals surface area contributed by atoms with Crippen LogP contribution in [0.3, 0.4) is 0 Å². The van der Waals surface area contributed by atoms with E-state index in [9.17, 15) is 19.2 Å². The van der Waals surface area contributed by atoms with Gasteiger partial charge >= 0.3 is 18.1 Å². The topological polar surface area (TPSA) is 111 Å². The minimum atomic E-state index is -0.883. The van der Waals surface area contributed by atoms with Gasteiger partial charge in [0.15, 0.2) is 5.78 Å². The highest BCUT2D eigenvalue weighted by Crippen LogP contribution is 2.09. The minimum absolute atomic E-state index is 0.287. The zero-order valence-corrected chi connectivity index (χ0v) is 19.3. The number of esters is 1. The number of ether oxygens (including phenoxy) is 1. The fourth-order valence-corrected chi connectivity index (χ4v) is 3.87. The summed E-state index contributed by atoms with van der Waals surface area (Å²) in [6.07, 6.45) is 0.876. The molecule has 0 bridgehead atoms. The second-order valence-electron chi connectivity index (χ2n) is 8.64. The fourth-order valence-electron chi connectivity index (χ4n) is 3.87. The molecule has 33 heavy (non-hydrogen) atoms. The molecule has 10 heteroatoms. The highest BCUT2D eigenvalue weighted by Gasteiger charge is 2.30. The van der Waals surface area contributed by atoms with Crippen molar-refractivity contribution < 1.29 is 23.9 Å². The van der Waals surface area contributed by atoms with Crippen molar-refractivity contribution >= 4 is 23.9 Å². The van der Waals surface area contributed by atoms with E-state index in [0.29, 0.717) is 32.5 Å². The van der Waals surface area contributed by atoms with Gasteiger partial charge in [-0.05, 0) is 38.4 Å². The Morgan fingerprint density at radius 2 is 1.85 bits per heavy atom. The van der Waals surface area contributed by atoms with E-state index in [0.717, 1.165) is 30.0 Å². The molecule has 1 unspecified atom stereocenters. The van der Waals surface area contributed by atoms with Gasteiger partial charge in [0.05, 0.1) is 12.6 Å². The Hall–Kier alpha value is -2.98. The van der Waals surface area contributed by atoms with Crippen LogP contribution < -0.4 is 10.6 Å². The van der Waals surface area contributed by atoms with Crippen LogP contribution in [0.4, 0.5) is 9.59 Å². The van der Waals surface area contributed by atoms with E-state index >= 15 is 0 Å². The molecule has 3 rings (SSSR count). The number of likely N-dealkylation sites (N-methyl/N-ethyl adjacent to an activating group) is 2. The van der Waals surface area contributed by atoms with E-state index in [4.69, 9.17) is 4.74 Å². The van der Waals surface area contributed by atoms with Crippen LogP contribution in [0.2, 0.25) is 0 Å². The van der Waals surface area contributed by atoms with Crippen molar-refractivity contribution in [2.24, 2.45) is 0 Å². The summed E-state index contributed by atoms with van der Waals surface area (Å²) in [5.74, 6) is -0.978. The van der Waals surface area contributed by atoms with Crippen LogP contribution in [0.25, 0.3) is 0 Å². The second kappa shape index (κ2) is 11.8. The van der Waals surface area contributed by atoms with Crippen LogP contribution >= 0.6 is 0 Å². The van der Waals surface area contributed by atoms with Crippen LogP contribution in [0, 0.1) is 0 Å². The average Bonchev–Trinajstić information content (AvgIpc) is 3.35. The van der Waals surface area contributed by atoms with E-state index in [1.165, 1.54) is 7.05 Å². The molecule has 1 aromatic rings. The summed E-state index contributed by atoms with van der Waals surface area (Å²) in [5.41, 5.74) is 0.891. The summed E-state index contributed by atoms with van der Waals surface area (Å²) < 4.78 is 4.91. The highest BCUT2D eigenvalue weighted by molar-refractivity contribution is 5.93. The quantitative estimate of drug-likeness (QED) is 0.450. The largest absolute Gasteiger partial charge is 0.417 e. The van der Waals surface area contributed by atoms with Gasteiger partial charge in [0, 0.05) is 33.2 Å². The Labute approximate surface area is 194 Å². The molecule has 2 aliphatic heterocycles. The van der Waals surface area contributed by atoms with Crippen molar-refractivity contribution in [3.63, 3.8) is 0 Å². The summed E-state index contributed by atoms with van der Waals surface area (Å²) in [4.78, 5) is 55.2. The Kier molecular flexibility index (Phi) is 8.79. The number of nitrogens with one attached hydrogen (secondary N) is 2. The molecule has 180 valence electrons. The number of hydrogen-bond donors (Lipinski definition) is 2. The number of carbonyl (C=O) groups is 4. The van der Waals surface area contributed by atoms with Crippen LogP contribution in [-0.4, -0.2) is 104 Å². The number of carbonyl (C=O) groups excluding carboxylic acids is 4. The lowest BCUT2D eigenvalue weighted by atomic mass is 10.0. The number of hydrogen-bond acceptors (Lipinski definition) is 7. The molecule has 2 fully saturated rings. The van der Waals surface area contributed by atoms with E-state index in [1.807, 2.05) is 37.4 Å². The molecule has 10 nitrogen and oxygen atoms in total. The third-order valence-electron chi connectivity index (χ3n) is 6.00. The third kappa shape index (κ3) is 7.26. The molecule has 0 aromatic heterocycles. The van der Waals surface area contributed by atoms with Crippen molar-refractivity contribution in [1.82, 2.24) is 25.3 Å². The van der Waals surface area contributed by atoms with E-state index in [2.05, 4.69) is 15.5 Å². The zero-order chi connectivity index (χ0) is 23.8. The molecule has 2 aliphatic rings. The second-order valence-corrected chi connectivity index (χ2v) is 8.64. The number of rotatable bonds is 7. The van der Waals surface area contributed by atoms with Crippen molar-refractivity contribution in [3.05, 3.63) is 35.9 Å². The normalized spacial score (nSPS) is 19.6. The number of urea groups is 1. The van der Waals surface area contributed by atoms with Gasteiger partial charge in [-0.3, -0.25) is 4.79 Å². The summed E-state index contributed by atoms with van der Waals surface area (Å²) >= 11 is 0. The highest BCUT2D eigenvalue weighted by atomic mass is 16.6. The van der Waals surface area contributed by atoms with Gasteiger partial charge < -0.3 is 30.1 Å². The maximum atomic E-state index is 13.1. The minimum Gasteiger partial charge on any atom is -0.375 e. The molecule has 0 saturated carbocycles. The lowest BCUT2D eigenvalue weighted by molar-refractivity contribution is -0.140. The van der Waals surface area contributed by atoms with Crippen molar-refractivity contribution in [2.75, 3.05) is 53.4 Å². The molecule has 2 saturated heterocycles. The smallest absolute Gasteiger partial charge is 0.375 e. The summed E-state index contributed by atoms with van der Waals surface area (Å²) in [5, 5.41) is 5.82. The standard InChI is InChI=1S/C23H33N5O5/c1-26-11-13-28(14-12-26)22(31)25-19(15-17-7-4-3-5-8-17)20(29)16-27(2)23(32)33-21(30)18-9-6-10-24-18/h3-5,7-8,18-19,24H,6,9-16H2,1-2H3,(H,25,31)/t18-,19?/m0/s1. The maximum absolute atomic E-state index is 13.1. The van der Waals surface area contributed by atoms with E-state index in [1.54, 1.807) is 4.90 Å². The molecule has 0 spiro atoms. The Morgan fingerprint density at radius 1 is 1.15 bits per heavy atom. The molecular formula is C23H33N5O5. The molecular weight excluding hydrogens is 426 g/mol. The van der Waals surface area contributed by atoms with Crippen LogP contribution in [-0.2, 0) is 20.7 Å². The van der Waals surface area contributed by atoms with Crippen LogP contribution in [0.5, 0.6) is 0 Å². The van der Waals surface area contributed by atoms with Gasteiger partial charge in [-0.15, -0.1) is 0 Å². The number of piperazine rings is 1. The van der Waals surface area contributed by atoms with Gasteiger partial charge in [-0.1, -0.05) is 30.3 Å². The molecule has 1 aromatic carbocycles. The average molecular weight is 460 g/mol. The first-order valence-electron chi connectivity index (χ1n) is 11.3. The molecule has 2 heterocycles. The number of ketones is 1. The molecule has 2 atom stereocenters. The van der Waals surface area contributed by atoms with E-state index < -0.39 is 24.1 Å². The molecule has 0 radical (unpaired) electrons. The third-order valence-corrected chi connectivity index (χ3v) is 6.00. The predicted octanol–water partition coefficient (Wildman–Crippen LogP) is 0.471. The fraction of sp³-hybridized carbons (Fsp3) is 0.565. The Balaban J connectivity index is 1.60. The molecule has 2 N–H and O–H groups in total. The Morgan fingerprint density at radius 3 is 2.48 bits per heavy atom. The van der Waals surface area contributed by atoms with Crippen LogP contribution in [0.1, 0.15) is 18.4 Å². The van der Waals surface area contributed by atoms with Crippen molar-refractivity contribution in [3.8, 4) is 0 Å². The van der Waals surface area contributed by atoms with Gasteiger partial charge in [0.2, 0.25) is 0 Å². The lowest BCUT2D eigenvalue weighted by Crippen LogP contribution is -2.55. The summed E-state index contributed by atoms with van der Waals surface area (Å²) in [6.45, 7) is 3.11. The first-order valence-corrected chi connectivity index (χ1v) is 11.3. The summed E-state index contributed by atoms with van der Waals surface area (Å²) in [7, 11) is 3.40. The number of nitrogens with zero attached hydrogens (tertiary/aromatic N) is 3. The van der Waals surface area contributed by atoms with Gasteiger partial charge in [-0.25, -0.2) is 14.4 Å². The van der Waals surface area contributed by atoms with Gasteiger partial charge in [0.1, 0.15) is 6.04 Å². The first kappa shape index (κ1) is 24.7. The first-order chi connectivity index (χ1) is 15.8. The SMILES string of the molecule is CN1CCN(C(=O)NC(Cc2ccccc2)C(=O)CN(C)C(=O)OC(=O)[C@@H]2CCCN2)CC1. The number of benzene rings is 1. The molecule has 0 aliphatic carbocycles. The number of amides is 3. The zero-order valence-electron chi connectivity index (χ0n) is 19.3. The van der Waals surface area contributed by atoms with Crippen molar-refractivity contribution in [2.45, 2.75) is 31.3 Å². The van der Waals surface area contributed by atoms with E-state index in [-0.39, 0.29) is 18.4 Å². The predicted molar refractivity (Wildman–Crippen MR) is 122 cm³/mol. The Bertz CT molecular complexity index is 835. The van der Waals surface area contributed by atoms with Crippen molar-refractivity contribution in [1.29, 1.82) is 0 Å². The lowest BCUT2D eigenvalue weighted by Gasteiger charge is -2.33. The van der Waals surface area contributed by atoms with Crippen LogP contribution in [0.15, 0.2) is 30.3 Å².